The molecule has 2 aromatic heterocycles. The Morgan fingerprint density at radius 2 is 2.00 bits per heavy atom. The molecule has 0 saturated heterocycles. The second-order valence-electron chi connectivity index (χ2n) is 4.53. The lowest BCUT2D eigenvalue weighted by molar-refractivity contribution is 0.758. The monoisotopic (exact) mass is 286 g/mol. The number of aromatic nitrogens is 4. The smallest absolute Gasteiger partial charge is 0.268 e. The lowest BCUT2D eigenvalue weighted by atomic mass is 10.2. The van der Waals surface area contributed by atoms with Crippen LogP contribution in [0.3, 0.4) is 0 Å². The summed E-state index contributed by atoms with van der Waals surface area (Å²) in [5.41, 5.74) is 2.43. The molecular formula is C14H14N4OS. The van der Waals surface area contributed by atoms with Crippen LogP contribution in [0, 0.1) is 6.92 Å². The molecule has 20 heavy (non-hydrogen) atoms. The third-order valence-corrected chi connectivity index (χ3v) is 3.91. The summed E-state index contributed by atoms with van der Waals surface area (Å²) in [4.78, 5) is 17.3. The number of hydrogen-bond acceptors (Lipinski definition) is 4. The van der Waals surface area contributed by atoms with E-state index in [2.05, 4.69) is 10.1 Å². The molecule has 0 aliphatic heterocycles. The van der Waals surface area contributed by atoms with Crippen LogP contribution >= 0.6 is 11.8 Å². The van der Waals surface area contributed by atoms with Gasteiger partial charge in [0.2, 0.25) is 0 Å². The van der Waals surface area contributed by atoms with Crippen molar-refractivity contribution in [3.8, 4) is 5.69 Å². The number of para-hydroxylation sites is 1. The largest absolute Gasteiger partial charge is 0.269 e. The molecule has 0 bridgehead atoms. The summed E-state index contributed by atoms with van der Waals surface area (Å²) in [7, 11) is 1.79. The Labute approximate surface area is 120 Å². The molecule has 0 unspecified atom stereocenters. The maximum absolute atomic E-state index is 12.7. The van der Waals surface area contributed by atoms with Gasteiger partial charge in [-0.05, 0) is 24.8 Å². The van der Waals surface area contributed by atoms with E-state index in [0.29, 0.717) is 16.2 Å². The summed E-state index contributed by atoms with van der Waals surface area (Å²) < 4.78 is 3.28. The van der Waals surface area contributed by atoms with E-state index in [0.717, 1.165) is 11.3 Å². The molecule has 0 aliphatic carbocycles. The molecule has 6 heteroatoms. The summed E-state index contributed by atoms with van der Waals surface area (Å²) >= 11 is 1.45. The average molecular weight is 286 g/mol. The minimum atomic E-state index is -0.0817. The molecule has 3 aromatic rings. The molecule has 0 atom stereocenters. The Hall–Kier alpha value is -2.08. The molecule has 2 heterocycles. The Kier molecular flexibility index (Phi) is 3.10. The molecule has 5 nitrogen and oxygen atoms in total. The third-order valence-electron chi connectivity index (χ3n) is 3.27. The molecule has 0 N–H and O–H groups in total. The van der Waals surface area contributed by atoms with Crippen molar-refractivity contribution in [3.63, 3.8) is 0 Å². The highest BCUT2D eigenvalue weighted by molar-refractivity contribution is 7.98. The van der Waals surface area contributed by atoms with E-state index in [9.17, 15) is 4.79 Å². The van der Waals surface area contributed by atoms with Gasteiger partial charge in [0.1, 0.15) is 5.39 Å². The van der Waals surface area contributed by atoms with Gasteiger partial charge in [-0.2, -0.15) is 5.10 Å². The Bertz CT molecular complexity index is 850. The van der Waals surface area contributed by atoms with Gasteiger partial charge in [-0.25, -0.2) is 4.98 Å². The van der Waals surface area contributed by atoms with Gasteiger partial charge < -0.3 is 0 Å². The first kappa shape index (κ1) is 12.9. The predicted octanol–water partition coefficient (Wildman–Crippen LogP) is 2.15. The molecule has 1 aromatic carbocycles. The fraction of sp³-hybridized carbons (Fsp3) is 0.214. The van der Waals surface area contributed by atoms with Crippen molar-refractivity contribution in [3.05, 3.63) is 46.4 Å². The number of aryl methyl sites for hydroxylation is 2. The Morgan fingerprint density at radius 1 is 1.25 bits per heavy atom. The second-order valence-corrected chi connectivity index (χ2v) is 5.30. The summed E-state index contributed by atoms with van der Waals surface area (Å²) in [6, 6.07) is 7.80. The average Bonchev–Trinajstić information content (AvgIpc) is 2.82. The highest BCUT2D eigenvalue weighted by Crippen LogP contribution is 2.20. The fourth-order valence-corrected chi connectivity index (χ4v) is 2.77. The first-order chi connectivity index (χ1) is 9.63. The number of fused-ring (bicyclic) bond motifs is 1. The molecule has 102 valence electrons. The Morgan fingerprint density at radius 3 is 2.70 bits per heavy atom. The van der Waals surface area contributed by atoms with Crippen molar-refractivity contribution in [1.82, 2.24) is 19.3 Å². The first-order valence-corrected chi connectivity index (χ1v) is 7.40. The van der Waals surface area contributed by atoms with Gasteiger partial charge in [0.25, 0.3) is 5.56 Å². The lowest BCUT2D eigenvalue weighted by Crippen LogP contribution is -2.22. The van der Waals surface area contributed by atoms with E-state index in [1.807, 2.05) is 37.4 Å². The minimum absolute atomic E-state index is 0.0817. The van der Waals surface area contributed by atoms with Crippen LogP contribution in [0.25, 0.3) is 16.7 Å². The molecule has 0 radical (unpaired) electrons. The fourth-order valence-electron chi connectivity index (χ4n) is 2.23. The predicted molar refractivity (Wildman–Crippen MR) is 80.6 cm³/mol. The van der Waals surface area contributed by atoms with E-state index in [1.54, 1.807) is 22.5 Å². The topological polar surface area (TPSA) is 52.7 Å². The van der Waals surface area contributed by atoms with E-state index in [-0.39, 0.29) is 5.56 Å². The number of hydrogen-bond donors (Lipinski definition) is 0. The van der Waals surface area contributed by atoms with Gasteiger partial charge >= 0.3 is 0 Å². The summed E-state index contributed by atoms with van der Waals surface area (Å²) in [5.74, 6) is 0. The van der Waals surface area contributed by atoms with Crippen LogP contribution in [0.2, 0.25) is 0 Å². The van der Waals surface area contributed by atoms with Crippen LogP contribution in [0.5, 0.6) is 0 Å². The maximum Gasteiger partial charge on any atom is 0.269 e. The van der Waals surface area contributed by atoms with E-state index < -0.39 is 0 Å². The van der Waals surface area contributed by atoms with E-state index >= 15 is 0 Å². The highest BCUT2D eigenvalue weighted by Gasteiger charge is 2.15. The quantitative estimate of drug-likeness (QED) is 0.535. The number of nitrogens with zero attached hydrogens (tertiary/aromatic N) is 4. The van der Waals surface area contributed by atoms with Crippen molar-refractivity contribution in [1.29, 1.82) is 0 Å². The molecule has 0 saturated carbocycles. The number of thioether (sulfide) groups is 1. The molecular weight excluding hydrogens is 272 g/mol. The normalized spacial score (nSPS) is 11.2. The molecule has 0 fully saturated rings. The zero-order chi connectivity index (χ0) is 14.3. The number of rotatable bonds is 2. The van der Waals surface area contributed by atoms with Crippen molar-refractivity contribution < 1.29 is 0 Å². The standard InChI is InChI=1S/C14H14N4OS/c1-9-6-4-5-7-11(9)18-13(19)10-8-15-17(2)12(10)16-14(18)20-3/h4-8H,1-3H3. The van der Waals surface area contributed by atoms with E-state index in [4.69, 9.17) is 0 Å². The van der Waals surface area contributed by atoms with Gasteiger partial charge in [-0.3, -0.25) is 14.0 Å². The molecule has 0 aliphatic rings. The molecule has 3 rings (SSSR count). The van der Waals surface area contributed by atoms with E-state index in [1.165, 1.54) is 11.8 Å². The summed E-state index contributed by atoms with van der Waals surface area (Å²) in [6.45, 7) is 1.99. The lowest BCUT2D eigenvalue weighted by Gasteiger charge is -2.12. The first-order valence-electron chi connectivity index (χ1n) is 6.18. The van der Waals surface area contributed by atoms with Crippen LogP contribution in [0.4, 0.5) is 0 Å². The Balaban J connectivity index is 2.44. The zero-order valence-corrected chi connectivity index (χ0v) is 12.3. The van der Waals surface area contributed by atoms with Gasteiger partial charge in [0.05, 0.1) is 11.9 Å². The molecule has 0 amide bonds. The van der Waals surface area contributed by atoms with Crippen molar-refractivity contribution >= 4 is 22.8 Å². The minimum Gasteiger partial charge on any atom is -0.268 e. The van der Waals surface area contributed by atoms with Crippen molar-refractivity contribution in [2.24, 2.45) is 7.05 Å². The third kappa shape index (κ3) is 1.84. The van der Waals surface area contributed by atoms with Gasteiger partial charge in [-0.1, -0.05) is 30.0 Å². The molecule has 0 spiro atoms. The van der Waals surface area contributed by atoms with Crippen LogP contribution in [0.15, 0.2) is 40.4 Å². The van der Waals surface area contributed by atoms with Crippen LogP contribution in [0.1, 0.15) is 5.56 Å². The number of benzene rings is 1. The highest BCUT2D eigenvalue weighted by atomic mass is 32.2. The van der Waals surface area contributed by atoms with Gasteiger partial charge in [-0.15, -0.1) is 0 Å². The van der Waals surface area contributed by atoms with Crippen molar-refractivity contribution in [2.45, 2.75) is 12.1 Å². The summed E-state index contributed by atoms with van der Waals surface area (Å²) in [6.07, 6.45) is 3.49. The maximum atomic E-state index is 12.7. The SMILES string of the molecule is CSc1nc2c(cnn2C)c(=O)n1-c1ccccc1C. The van der Waals surface area contributed by atoms with Crippen LogP contribution < -0.4 is 5.56 Å². The second kappa shape index (κ2) is 4.79. The van der Waals surface area contributed by atoms with Gasteiger partial charge in [0, 0.05) is 7.05 Å². The summed E-state index contributed by atoms with van der Waals surface area (Å²) in [5, 5.41) is 5.32. The van der Waals surface area contributed by atoms with Crippen LogP contribution in [-0.4, -0.2) is 25.6 Å². The van der Waals surface area contributed by atoms with Gasteiger partial charge in [0.15, 0.2) is 10.8 Å². The van der Waals surface area contributed by atoms with Crippen LogP contribution in [-0.2, 0) is 7.05 Å². The zero-order valence-electron chi connectivity index (χ0n) is 11.5. The van der Waals surface area contributed by atoms with Crippen molar-refractivity contribution in [2.75, 3.05) is 6.26 Å².